The highest BCUT2D eigenvalue weighted by atomic mass is 32.2. The Morgan fingerprint density at radius 3 is 2.48 bits per heavy atom. The summed E-state index contributed by atoms with van der Waals surface area (Å²) < 4.78 is 73.9. The number of alkyl halides is 2. The first kappa shape index (κ1) is 39.7. The van der Waals surface area contributed by atoms with Crippen molar-refractivity contribution in [1.82, 2.24) is 19.8 Å². The quantitative estimate of drug-likeness (QED) is 0.403. The van der Waals surface area contributed by atoms with Gasteiger partial charge in [-0.3, -0.25) is 24.0 Å². The van der Waals surface area contributed by atoms with Gasteiger partial charge in [-0.05, 0) is 55.1 Å². The maximum absolute atomic E-state index is 14.8. The van der Waals surface area contributed by atoms with Gasteiger partial charge in [-0.15, -0.1) is 0 Å². The van der Waals surface area contributed by atoms with Crippen LogP contribution in [0.2, 0.25) is 0 Å². The van der Waals surface area contributed by atoms with Crippen LogP contribution < -0.4 is 14.8 Å². The second kappa shape index (κ2) is 14.9. The molecule has 14 nitrogen and oxygen atoms in total. The summed E-state index contributed by atoms with van der Waals surface area (Å²) in [7, 11) is -3.89. The summed E-state index contributed by atoms with van der Waals surface area (Å²) in [5.41, 5.74) is -0.706. The molecule has 2 aliphatic carbocycles. The third-order valence-corrected chi connectivity index (χ3v) is 13.1. The van der Waals surface area contributed by atoms with Crippen LogP contribution in [0.4, 0.5) is 18.4 Å². The van der Waals surface area contributed by atoms with E-state index in [0.29, 0.717) is 31.4 Å². The maximum atomic E-state index is 14.8. The molecule has 5 atom stereocenters. The fourth-order valence-corrected chi connectivity index (χ4v) is 9.19. The second-order valence-corrected chi connectivity index (χ2v) is 18.4. The predicted molar refractivity (Wildman–Crippen MR) is 189 cm³/mol. The molecule has 3 aliphatic heterocycles. The lowest BCUT2D eigenvalue weighted by Gasteiger charge is -2.35. The Bertz CT molecular complexity index is 1780. The van der Waals surface area contributed by atoms with Gasteiger partial charge in [0.2, 0.25) is 21.8 Å². The Labute approximate surface area is 314 Å². The van der Waals surface area contributed by atoms with Crippen molar-refractivity contribution in [1.29, 1.82) is 0 Å². The molecule has 1 aromatic carbocycles. The lowest BCUT2D eigenvalue weighted by atomic mass is 9.85. The van der Waals surface area contributed by atoms with Crippen LogP contribution in [0.5, 0.6) is 5.75 Å². The van der Waals surface area contributed by atoms with Gasteiger partial charge < -0.3 is 24.4 Å². The van der Waals surface area contributed by atoms with Gasteiger partial charge in [0.05, 0.1) is 36.4 Å². The average molecular weight is 781 g/mol. The molecule has 1 aromatic rings. The van der Waals surface area contributed by atoms with Crippen molar-refractivity contribution < 1.29 is 55.4 Å². The molecule has 4 amide bonds. The van der Waals surface area contributed by atoms with Gasteiger partial charge in [-0.25, -0.2) is 26.8 Å². The molecule has 3 heterocycles. The van der Waals surface area contributed by atoms with Crippen molar-refractivity contribution >= 4 is 39.8 Å². The van der Waals surface area contributed by atoms with Gasteiger partial charge in [0.1, 0.15) is 17.9 Å². The van der Waals surface area contributed by atoms with E-state index < -0.39 is 93.0 Å². The Balaban J connectivity index is 1.27. The van der Waals surface area contributed by atoms with Gasteiger partial charge in [-0.1, -0.05) is 46.2 Å². The average Bonchev–Trinajstić information content (AvgIpc) is 3.99. The van der Waals surface area contributed by atoms with E-state index in [4.69, 9.17) is 14.2 Å². The summed E-state index contributed by atoms with van der Waals surface area (Å²) in [5, 5.41) is 1.78. The summed E-state index contributed by atoms with van der Waals surface area (Å²) in [6.45, 7) is 5.86. The Kier molecular flexibility index (Phi) is 10.9. The number of halogens is 2. The highest BCUT2D eigenvalue weighted by Crippen LogP contribution is 2.58. The monoisotopic (exact) mass is 780 g/mol. The maximum Gasteiger partial charge on any atom is 0.410 e. The number of hydrogen-bond donors (Lipinski definition) is 2. The number of rotatable bonds is 7. The third kappa shape index (κ3) is 8.60. The lowest BCUT2D eigenvalue weighted by molar-refractivity contribution is -0.142. The second-order valence-electron chi connectivity index (χ2n) is 16.5. The summed E-state index contributed by atoms with van der Waals surface area (Å²) in [4.78, 5) is 71.4. The van der Waals surface area contributed by atoms with E-state index in [2.05, 4.69) is 10.0 Å². The van der Waals surface area contributed by atoms with E-state index in [-0.39, 0.29) is 57.8 Å². The van der Waals surface area contributed by atoms with Crippen LogP contribution in [0.25, 0.3) is 0 Å². The molecule has 0 spiro atoms. The number of carbonyl (C=O) groups excluding carboxylic acids is 5. The van der Waals surface area contributed by atoms with Crippen LogP contribution in [0.1, 0.15) is 96.6 Å². The molecule has 2 saturated carbocycles. The number of Topliss-reactive ketones (excluding diaryl/α,β-unsaturated/α-hetero) is 1. The number of ether oxygens (including phenoxy) is 3. The smallest absolute Gasteiger partial charge is 0.410 e. The topological polar surface area (TPSA) is 178 Å². The number of cyclic esters (lactones) is 1. The zero-order valence-electron chi connectivity index (χ0n) is 31.2. The summed E-state index contributed by atoms with van der Waals surface area (Å²) >= 11 is 0. The molecule has 5 aliphatic rings. The van der Waals surface area contributed by atoms with Gasteiger partial charge in [0.25, 0.3) is 5.92 Å². The van der Waals surface area contributed by atoms with Crippen molar-refractivity contribution in [3.05, 3.63) is 29.3 Å². The number of benzene rings is 1. The molecule has 3 fully saturated rings. The molecule has 0 radical (unpaired) electrons. The standard InChI is InChI=1S/C37H50F2N4O10S/c1-5-23-16-36(23,32(46)41-54(49,50)25-11-12-25)17-28(44)27-15-24-19-43(27)31(45)30(35(2,3)4)40-33(47)52-21-37(38,39)13-6-7-14-51-29-10-8-9-22-18-42(20-26(22)29)34(48)53-24/h8-10,23-25,27,30H,5-7,11-21H2,1-4H3,(H,40,47)(H,41,46)/t23-,24+,27?,30+,36-/m0/s1. The van der Waals surface area contributed by atoms with Gasteiger partial charge in [-0.2, -0.15) is 0 Å². The number of sulfonamides is 1. The largest absolute Gasteiger partial charge is 0.493 e. The number of amides is 4. The molecule has 4 bridgehead atoms. The van der Waals surface area contributed by atoms with Crippen LogP contribution in [0.15, 0.2) is 18.2 Å². The number of fused-ring (bicyclic) bond motifs is 3. The first-order valence-corrected chi connectivity index (χ1v) is 20.3. The van der Waals surface area contributed by atoms with Crippen molar-refractivity contribution in [3.8, 4) is 5.75 Å². The van der Waals surface area contributed by atoms with Crippen molar-refractivity contribution in [3.63, 3.8) is 0 Å². The van der Waals surface area contributed by atoms with E-state index in [1.54, 1.807) is 32.9 Å². The fraction of sp³-hybridized carbons (Fsp3) is 0.703. The summed E-state index contributed by atoms with van der Waals surface area (Å²) in [6, 6.07) is 2.80. The molecule has 0 aromatic heterocycles. The van der Waals surface area contributed by atoms with Crippen LogP contribution in [-0.2, 0) is 47.0 Å². The zero-order valence-corrected chi connectivity index (χ0v) is 32.0. The Morgan fingerprint density at radius 1 is 1.07 bits per heavy atom. The van der Waals surface area contributed by atoms with E-state index in [1.807, 2.05) is 13.0 Å². The van der Waals surface area contributed by atoms with E-state index >= 15 is 0 Å². The van der Waals surface area contributed by atoms with Crippen LogP contribution >= 0.6 is 0 Å². The van der Waals surface area contributed by atoms with E-state index in [9.17, 15) is 41.2 Å². The minimum absolute atomic E-state index is 0.0819. The molecule has 6 rings (SSSR count). The lowest BCUT2D eigenvalue weighted by Crippen LogP contribution is -2.57. The molecule has 2 N–H and O–H groups in total. The van der Waals surface area contributed by atoms with Gasteiger partial charge in [0, 0.05) is 31.4 Å². The number of nitrogens with zero attached hydrogens (tertiary/aromatic N) is 2. The summed E-state index contributed by atoms with van der Waals surface area (Å²) in [6.07, 6.45) is -1.86. The Hall–Kier alpha value is -4.02. The fourth-order valence-electron chi connectivity index (χ4n) is 7.80. The predicted octanol–water partition coefficient (Wildman–Crippen LogP) is 4.43. The van der Waals surface area contributed by atoms with E-state index in [0.717, 1.165) is 11.1 Å². The highest BCUT2D eigenvalue weighted by molar-refractivity contribution is 7.90. The number of alkyl carbamates (subject to hydrolysis) is 1. The van der Waals surface area contributed by atoms with Crippen molar-refractivity contribution in [2.75, 3.05) is 19.8 Å². The van der Waals surface area contributed by atoms with Gasteiger partial charge >= 0.3 is 12.2 Å². The molecular weight excluding hydrogens is 730 g/mol. The molecule has 54 heavy (non-hydrogen) atoms. The van der Waals surface area contributed by atoms with Crippen LogP contribution in [0, 0.1) is 16.7 Å². The molecule has 1 unspecified atom stereocenters. The number of carbonyl (C=O) groups is 5. The molecule has 1 saturated heterocycles. The normalized spacial score (nSPS) is 29.3. The minimum atomic E-state index is -3.89. The number of ketones is 1. The minimum Gasteiger partial charge on any atom is -0.493 e. The molecule has 17 heteroatoms. The van der Waals surface area contributed by atoms with Gasteiger partial charge in [0.15, 0.2) is 12.4 Å². The van der Waals surface area contributed by atoms with Crippen LogP contribution in [0.3, 0.4) is 0 Å². The van der Waals surface area contributed by atoms with Crippen molar-refractivity contribution in [2.24, 2.45) is 16.7 Å². The SMILES string of the molecule is CC[C@H]1C[C@@]1(CC(=O)C1C[C@@H]2CN1C(=O)[C@H](C(C)(C)C)NC(=O)OCC(F)(F)CCCCOc1cccc3c1CN(C3)C(=O)O2)C(=O)NS(=O)(=O)C1CC1. The number of hydrogen-bond acceptors (Lipinski definition) is 10. The first-order valence-electron chi connectivity index (χ1n) is 18.7. The molecular formula is C37H50F2N4O10S. The van der Waals surface area contributed by atoms with E-state index in [1.165, 1.54) is 9.80 Å². The van der Waals surface area contributed by atoms with Crippen LogP contribution in [-0.4, -0.2) is 97.1 Å². The summed E-state index contributed by atoms with van der Waals surface area (Å²) in [5.74, 6) is -5.11. The zero-order chi connectivity index (χ0) is 39.2. The third-order valence-electron chi connectivity index (χ3n) is 11.2. The first-order chi connectivity index (χ1) is 25.3. The Morgan fingerprint density at radius 2 is 1.81 bits per heavy atom. The highest BCUT2D eigenvalue weighted by Gasteiger charge is 2.62. The molecule has 298 valence electrons. The number of nitrogens with one attached hydrogen (secondary N) is 2. The van der Waals surface area contributed by atoms with Crippen molar-refractivity contribution in [2.45, 2.75) is 128 Å².